The van der Waals surface area contributed by atoms with Crippen LogP contribution in [0.3, 0.4) is 0 Å². The van der Waals surface area contributed by atoms with Gasteiger partial charge in [0.2, 0.25) is 5.91 Å². The number of nitrogens with zero attached hydrogens (tertiary/aromatic N) is 4. The number of nitrogens with one attached hydrogen (secondary N) is 1. The average Bonchev–Trinajstić information content (AvgIpc) is 3.09. The summed E-state index contributed by atoms with van der Waals surface area (Å²) in [6.45, 7) is 2.90. The molecule has 1 amide bonds. The summed E-state index contributed by atoms with van der Waals surface area (Å²) in [5.41, 5.74) is 0. The van der Waals surface area contributed by atoms with Gasteiger partial charge in [0.1, 0.15) is 11.9 Å². The maximum absolute atomic E-state index is 12.3. The fraction of sp³-hybridized carbons (Fsp3) is 0.526. The Hall–Kier alpha value is -2.39. The maximum Gasteiger partial charge on any atom is 0.237 e. The van der Waals surface area contributed by atoms with Crippen molar-refractivity contribution in [2.75, 3.05) is 26.2 Å². The predicted octanol–water partition coefficient (Wildman–Crippen LogP) is 1.59. The number of hydrogen-bond donors (Lipinski definition) is 1. The van der Waals surface area contributed by atoms with Crippen LogP contribution in [0.25, 0.3) is 0 Å². The van der Waals surface area contributed by atoms with Crippen molar-refractivity contribution in [2.24, 2.45) is 4.99 Å². The third-order valence-corrected chi connectivity index (χ3v) is 4.95. The molecule has 2 fully saturated rings. The SMILES string of the molecule is N#C[C@@H]1CCCN1C(=O)CNC1CCN(C2=C\C=C\C=C/C=N\2)CC1. The van der Waals surface area contributed by atoms with Crippen LogP contribution in [0, 0.1) is 11.3 Å². The molecule has 0 aromatic heterocycles. The van der Waals surface area contributed by atoms with Crippen LogP contribution in [0.2, 0.25) is 0 Å². The van der Waals surface area contributed by atoms with Crippen LogP contribution in [0.1, 0.15) is 25.7 Å². The Morgan fingerprint density at radius 1 is 1.20 bits per heavy atom. The lowest BCUT2D eigenvalue weighted by Crippen LogP contribution is -2.47. The molecule has 25 heavy (non-hydrogen) atoms. The van der Waals surface area contributed by atoms with E-state index in [1.54, 1.807) is 4.90 Å². The highest BCUT2D eigenvalue weighted by molar-refractivity contribution is 5.79. The summed E-state index contributed by atoms with van der Waals surface area (Å²) >= 11 is 0. The first-order valence-electron chi connectivity index (χ1n) is 9.03. The van der Waals surface area contributed by atoms with Crippen LogP contribution in [-0.4, -0.2) is 60.2 Å². The van der Waals surface area contributed by atoms with E-state index in [1.807, 2.05) is 36.6 Å². The van der Waals surface area contributed by atoms with Crippen LogP contribution in [0.5, 0.6) is 0 Å². The van der Waals surface area contributed by atoms with Crippen molar-refractivity contribution in [3.8, 4) is 6.07 Å². The quantitative estimate of drug-likeness (QED) is 0.844. The van der Waals surface area contributed by atoms with Gasteiger partial charge in [0, 0.05) is 31.9 Å². The lowest BCUT2D eigenvalue weighted by Gasteiger charge is -2.34. The Labute approximate surface area is 149 Å². The highest BCUT2D eigenvalue weighted by Crippen LogP contribution is 2.18. The molecule has 0 aromatic rings. The van der Waals surface area contributed by atoms with Crippen molar-refractivity contribution < 1.29 is 4.79 Å². The van der Waals surface area contributed by atoms with Crippen LogP contribution in [0.15, 0.2) is 41.2 Å². The van der Waals surface area contributed by atoms with Crippen LogP contribution >= 0.6 is 0 Å². The minimum atomic E-state index is -0.234. The first kappa shape index (κ1) is 17.4. The van der Waals surface area contributed by atoms with Crippen molar-refractivity contribution in [3.05, 3.63) is 36.2 Å². The first-order valence-corrected chi connectivity index (χ1v) is 9.03. The van der Waals surface area contributed by atoms with Crippen LogP contribution in [0.4, 0.5) is 0 Å². The number of rotatable bonds is 4. The van der Waals surface area contributed by atoms with E-state index in [-0.39, 0.29) is 11.9 Å². The fourth-order valence-electron chi connectivity index (χ4n) is 3.51. The normalized spacial score (nSPS) is 29.9. The topological polar surface area (TPSA) is 71.7 Å². The van der Waals surface area contributed by atoms with Gasteiger partial charge < -0.3 is 15.1 Å². The fourth-order valence-corrected chi connectivity index (χ4v) is 3.51. The minimum absolute atomic E-state index is 0.0516. The summed E-state index contributed by atoms with van der Waals surface area (Å²) in [6.07, 6.45) is 15.5. The monoisotopic (exact) mass is 339 g/mol. The molecule has 6 nitrogen and oxygen atoms in total. The van der Waals surface area contributed by atoms with Gasteiger partial charge in [0.05, 0.1) is 12.6 Å². The van der Waals surface area contributed by atoms with E-state index in [4.69, 9.17) is 5.26 Å². The lowest BCUT2D eigenvalue weighted by molar-refractivity contribution is -0.130. The van der Waals surface area contributed by atoms with Gasteiger partial charge in [-0.05, 0) is 37.8 Å². The second-order valence-corrected chi connectivity index (χ2v) is 6.59. The number of carbonyl (C=O) groups is 1. The molecule has 0 aromatic carbocycles. The van der Waals surface area contributed by atoms with Gasteiger partial charge in [-0.3, -0.25) is 4.79 Å². The van der Waals surface area contributed by atoms with Gasteiger partial charge in [0.25, 0.3) is 0 Å². The number of nitriles is 1. The molecule has 0 radical (unpaired) electrons. The zero-order valence-corrected chi connectivity index (χ0v) is 14.5. The van der Waals surface area contributed by atoms with Gasteiger partial charge in [-0.15, -0.1) is 0 Å². The highest BCUT2D eigenvalue weighted by atomic mass is 16.2. The Morgan fingerprint density at radius 3 is 2.80 bits per heavy atom. The van der Waals surface area contributed by atoms with E-state index in [0.717, 1.165) is 44.6 Å². The van der Waals surface area contributed by atoms with E-state index in [0.29, 0.717) is 19.1 Å². The predicted molar refractivity (Wildman–Crippen MR) is 97.8 cm³/mol. The molecule has 1 N–H and O–H groups in total. The van der Waals surface area contributed by atoms with Crippen LogP contribution < -0.4 is 5.32 Å². The Morgan fingerprint density at radius 2 is 2.00 bits per heavy atom. The van der Waals surface area contributed by atoms with Crippen molar-refractivity contribution >= 4 is 12.1 Å². The summed E-state index contributed by atoms with van der Waals surface area (Å²) in [6, 6.07) is 2.34. The number of piperidine rings is 1. The molecular formula is C19H25N5O. The Bertz CT molecular complexity index is 635. The molecule has 0 saturated carbocycles. The van der Waals surface area contributed by atoms with E-state index in [1.165, 1.54) is 0 Å². The standard InChI is InChI=1S/C19H25N5O/c20-14-17-6-5-11-24(17)19(25)15-22-16-8-12-23(13-9-16)18-7-3-1-2-4-10-21-18/h1-4,7,10,16-17,22H,5-6,8-9,11-13,15H2/b2-1?,3-1+,4-2-,7-3?,10-4?,18-7-,21-10-,21-18?/t17-/m0/s1. The molecule has 3 rings (SSSR count). The molecule has 0 bridgehead atoms. The van der Waals surface area contributed by atoms with Gasteiger partial charge >= 0.3 is 0 Å². The van der Waals surface area contributed by atoms with Gasteiger partial charge in [-0.1, -0.05) is 18.2 Å². The van der Waals surface area contributed by atoms with E-state index < -0.39 is 0 Å². The second-order valence-electron chi connectivity index (χ2n) is 6.59. The summed E-state index contributed by atoms with van der Waals surface area (Å²) in [7, 11) is 0. The number of likely N-dealkylation sites (tertiary alicyclic amines) is 2. The molecule has 1 atom stereocenters. The molecule has 6 heteroatoms. The molecule has 3 heterocycles. The average molecular weight is 339 g/mol. The Kier molecular flexibility index (Phi) is 6.02. The number of amides is 1. The zero-order chi connectivity index (χ0) is 17.5. The van der Waals surface area contributed by atoms with Crippen molar-refractivity contribution in [1.82, 2.24) is 15.1 Å². The molecule has 132 valence electrons. The smallest absolute Gasteiger partial charge is 0.237 e. The molecule has 2 saturated heterocycles. The molecule has 3 aliphatic rings. The minimum Gasteiger partial charge on any atom is -0.357 e. The number of allylic oxidation sites excluding steroid dienone is 5. The van der Waals surface area contributed by atoms with Crippen molar-refractivity contribution in [2.45, 2.75) is 37.8 Å². The molecular weight excluding hydrogens is 314 g/mol. The summed E-state index contributed by atoms with van der Waals surface area (Å²) < 4.78 is 0. The largest absolute Gasteiger partial charge is 0.357 e. The van der Waals surface area contributed by atoms with Crippen LogP contribution in [-0.2, 0) is 4.79 Å². The summed E-state index contributed by atoms with van der Waals surface area (Å²) in [5, 5.41) is 12.5. The first-order chi connectivity index (χ1) is 12.3. The second kappa shape index (κ2) is 8.63. The third-order valence-electron chi connectivity index (χ3n) is 4.95. The molecule has 0 unspecified atom stereocenters. The zero-order valence-electron chi connectivity index (χ0n) is 14.5. The maximum atomic E-state index is 12.3. The Balaban J connectivity index is 1.44. The van der Waals surface area contributed by atoms with E-state index in [9.17, 15) is 4.79 Å². The van der Waals surface area contributed by atoms with Gasteiger partial charge in [-0.2, -0.15) is 5.26 Å². The van der Waals surface area contributed by atoms with Crippen molar-refractivity contribution in [3.63, 3.8) is 0 Å². The van der Waals surface area contributed by atoms with E-state index >= 15 is 0 Å². The molecule has 3 aliphatic heterocycles. The van der Waals surface area contributed by atoms with Gasteiger partial charge in [0.15, 0.2) is 0 Å². The number of hydrogen-bond acceptors (Lipinski definition) is 5. The third kappa shape index (κ3) is 4.58. The summed E-state index contributed by atoms with van der Waals surface area (Å²) in [5.74, 6) is 1.04. The van der Waals surface area contributed by atoms with Crippen molar-refractivity contribution in [1.29, 1.82) is 5.26 Å². The highest BCUT2D eigenvalue weighted by Gasteiger charge is 2.29. The molecule has 0 aliphatic carbocycles. The lowest BCUT2D eigenvalue weighted by atomic mass is 10.0. The van der Waals surface area contributed by atoms with Gasteiger partial charge in [-0.25, -0.2) is 4.99 Å². The number of carbonyl (C=O) groups excluding carboxylic acids is 1. The summed E-state index contributed by atoms with van der Waals surface area (Å²) in [4.78, 5) is 20.8. The number of aliphatic imine (C=N–C) groups is 1. The van der Waals surface area contributed by atoms with E-state index in [2.05, 4.69) is 21.3 Å². The molecule has 0 spiro atoms.